The van der Waals surface area contributed by atoms with Crippen molar-refractivity contribution in [1.82, 2.24) is 4.90 Å². The number of hydrogen-bond donors (Lipinski definition) is 1. The second kappa shape index (κ2) is 6.85. The Hall–Kier alpha value is -2.31. The van der Waals surface area contributed by atoms with E-state index in [0.717, 1.165) is 6.07 Å². The van der Waals surface area contributed by atoms with E-state index in [0.29, 0.717) is 15.6 Å². The molecule has 23 heavy (non-hydrogen) atoms. The van der Waals surface area contributed by atoms with Crippen molar-refractivity contribution in [3.8, 4) is 0 Å². The predicted octanol–water partition coefficient (Wildman–Crippen LogP) is 3.76. The predicted molar refractivity (Wildman–Crippen MR) is 89.8 cm³/mol. The zero-order valence-electron chi connectivity index (χ0n) is 12.1. The van der Waals surface area contributed by atoms with Crippen LogP contribution in [0.3, 0.4) is 0 Å². The third kappa shape index (κ3) is 3.72. The molecule has 120 valence electrons. The van der Waals surface area contributed by atoms with E-state index in [1.54, 1.807) is 25.2 Å². The number of halogens is 2. The van der Waals surface area contributed by atoms with Crippen LogP contribution in [0, 0.1) is 10.1 Å². The highest BCUT2D eigenvalue weighted by Crippen LogP contribution is 2.27. The highest BCUT2D eigenvalue weighted by Gasteiger charge is 2.19. The molecule has 2 N–H and O–H groups in total. The van der Waals surface area contributed by atoms with Crippen molar-refractivity contribution in [2.75, 3.05) is 12.8 Å². The SMILES string of the molecule is CN(Cc1cccc(Cl)c1Cl)C(=O)c1ccc(N)c([N+](=O)[O-])c1. The summed E-state index contributed by atoms with van der Waals surface area (Å²) in [6, 6.07) is 9.08. The summed E-state index contributed by atoms with van der Waals surface area (Å²) < 4.78 is 0. The third-order valence-electron chi connectivity index (χ3n) is 3.26. The molecule has 2 aromatic carbocycles. The van der Waals surface area contributed by atoms with E-state index < -0.39 is 4.92 Å². The molecule has 0 spiro atoms. The van der Waals surface area contributed by atoms with Crippen LogP contribution in [0.5, 0.6) is 0 Å². The highest BCUT2D eigenvalue weighted by atomic mass is 35.5. The fourth-order valence-corrected chi connectivity index (χ4v) is 2.43. The number of hydrogen-bond acceptors (Lipinski definition) is 4. The van der Waals surface area contributed by atoms with E-state index in [1.807, 2.05) is 0 Å². The Morgan fingerprint density at radius 2 is 2.00 bits per heavy atom. The molecule has 8 heteroatoms. The van der Waals surface area contributed by atoms with Gasteiger partial charge in [0.25, 0.3) is 11.6 Å². The molecule has 0 radical (unpaired) electrons. The number of nitrogens with zero attached hydrogens (tertiary/aromatic N) is 2. The fourth-order valence-electron chi connectivity index (χ4n) is 2.05. The number of anilines is 1. The zero-order chi connectivity index (χ0) is 17.1. The van der Waals surface area contributed by atoms with E-state index in [-0.39, 0.29) is 29.4 Å². The number of amides is 1. The van der Waals surface area contributed by atoms with Crippen molar-refractivity contribution in [3.05, 3.63) is 67.7 Å². The normalized spacial score (nSPS) is 10.4. The number of nitro groups is 1. The van der Waals surface area contributed by atoms with Gasteiger partial charge in [0.15, 0.2) is 0 Å². The van der Waals surface area contributed by atoms with Gasteiger partial charge in [0.05, 0.1) is 15.0 Å². The van der Waals surface area contributed by atoms with Gasteiger partial charge in [-0.1, -0.05) is 35.3 Å². The van der Waals surface area contributed by atoms with Crippen LogP contribution in [0.25, 0.3) is 0 Å². The van der Waals surface area contributed by atoms with Gasteiger partial charge in [-0.2, -0.15) is 0 Å². The molecule has 2 aromatic rings. The lowest BCUT2D eigenvalue weighted by molar-refractivity contribution is -0.383. The number of nitrogen functional groups attached to an aromatic ring is 1. The first kappa shape index (κ1) is 17.1. The molecule has 0 bridgehead atoms. The van der Waals surface area contributed by atoms with Crippen molar-refractivity contribution in [2.24, 2.45) is 0 Å². The summed E-state index contributed by atoms with van der Waals surface area (Å²) in [6.07, 6.45) is 0. The van der Waals surface area contributed by atoms with Gasteiger partial charge < -0.3 is 10.6 Å². The molecular weight excluding hydrogens is 341 g/mol. The molecular formula is C15H13Cl2N3O3. The number of nitrogens with two attached hydrogens (primary N) is 1. The van der Waals surface area contributed by atoms with Gasteiger partial charge >= 0.3 is 0 Å². The lowest BCUT2D eigenvalue weighted by Crippen LogP contribution is -2.26. The Morgan fingerprint density at radius 3 is 2.65 bits per heavy atom. The molecule has 1 amide bonds. The first-order valence-corrected chi connectivity index (χ1v) is 7.29. The molecule has 0 atom stereocenters. The van der Waals surface area contributed by atoms with Gasteiger partial charge in [-0.25, -0.2) is 0 Å². The van der Waals surface area contributed by atoms with Crippen molar-refractivity contribution < 1.29 is 9.72 Å². The van der Waals surface area contributed by atoms with Gasteiger partial charge in [0.1, 0.15) is 5.69 Å². The van der Waals surface area contributed by atoms with E-state index in [1.165, 1.54) is 17.0 Å². The first-order chi connectivity index (χ1) is 10.8. The Balaban J connectivity index is 2.25. The maximum Gasteiger partial charge on any atom is 0.292 e. The molecule has 0 aromatic heterocycles. The van der Waals surface area contributed by atoms with Crippen LogP contribution >= 0.6 is 23.2 Å². The van der Waals surface area contributed by atoms with Gasteiger partial charge in [0.2, 0.25) is 0 Å². The molecule has 0 fully saturated rings. The summed E-state index contributed by atoms with van der Waals surface area (Å²) in [6.45, 7) is 0.219. The van der Waals surface area contributed by atoms with E-state index in [4.69, 9.17) is 28.9 Å². The fraction of sp³-hybridized carbons (Fsp3) is 0.133. The lowest BCUT2D eigenvalue weighted by atomic mass is 10.1. The smallest absolute Gasteiger partial charge is 0.292 e. The Labute approximate surface area is 142 Å². The van der Waals surface area contributed by atoms with Crippen LogP contribution in [-0.2, 0) is 6.54 Å². The van der Waals surface area contributed by atoms with E-state index in [9.17, 15) is 14.9 Å². The lowest BCUT2D eigenvalue weighted by Gasteiger charge is -2.18. The minimum Gasteiger partial charge on any atom is -0.393 e. The minimum atomic E-state index is -0.625. The number of benzene rings is 2. The second-order valence-electron chi connectivity index (χ2n) is 4.90. The first-order valence-electron chi connectivity index (χ1n) is 6.53. The van der Waals surface area contributed by atoms with E-state index >= 15 is 0 Å². The minimum absolute atomic E-state index is 0.00656. The summed E-state index contributed by atoms with van der Waals surface area (Å²) in [5.41, 5.74) is 6.09. The highest BCUT2D eigenvalue weighted by molar-refractivity contribution is 6.42. The number of carbonyl (C=O) groups excluding carboxylic acids is 1. The maximum atomic E-state index is 12.4. The van der Waals surface area contributed by atoms with Crippen LogP contribution in [-0.4, -0.2) is 22.8 Å². The van der Waals surface area contributed by atoms with Crippen LogP contribution in [0.1, 0.15) is 15.9 Å². The van der Waals surface area contributed by atoms with Gasteiger partial charge in [-0.15, -0.1) is 0 Å². The number of carbonyl (C=O) groups is 1. The van der Waals surface area contributed by atoms with Crippen LogP contribution < -0.4 is 5.73 Å². The zero-order valence-corrected chi connectivity index (χ0v) is 13.6. The molecule has 0 saturated carbocycles. The molecule has 0 aliphatic heterocycles. The maximum absolute atomic E-state index is 12.4. The molecule has 0 aliphatic rings. The summed E-state index contributed by atoms with van der Waals surface area (Å²) >= 11 is 12.0. The monoisotopic (exact) mass is 353 g/mol. The van der Waals surface area contributed by atoms with Crippen molar-refractivity contribution >= 4 is 40.5 Å². The molecule has 0 saturated heterocycles. The molecule has 2 rings (SSSR count). The molecule has 0 heterocycles. The summed E-state index contributed by atoms with van der Waals surface area (Å²) in [4.78, 5) is 24.1. The second-order valence-corrected chi connectivity index (χ2v) is 5.69. The van der Waals surface area contributed by atoms with Crippen LogP contribution in [0.2, 0.25) is 10.0 Å². The summed E-state index contributed by atoms with van der Waals surface area (Å²) in [7, 11) is 1.57. The Morgan fingerprint density at radius 1 is 1.30 bits per heavy atom. The Kier molecular flexibility index (Phi) is 5.08. The van der Waals surface area contributed by atoms with Gasteiger partial charge in [0, 0.05) is 25.2 Å². The quantitative estimate of drug-likeness (QED) is 0.514. The van der Waals surface area contributed by atoms with E-state index in [2.05, 4.69) is 0 Å². The largest absolute Gasteiger partial charge is 0.393 e. The Bertz CT molecular complexity index is 781. The van der Waals surface area contributed by atoms with Crippen LogP contribution in [0.4, 0.5) is 11.4 Å². The van der Waals surface area contributed by atoms with Crippen molar-refractivity contribution in [1.29, 1.82) is 0 Å². The van der Waals surface area contributed by atoms with Crippen molar-refractivity contribution in [3.63, 3.8) is 0 Å². The molecule has 0 unspecified atom stereocenters. The standard InChI is InChI=1S/C15H13Cl2N3O3/c1-19(8-10-3-2-4-11(16)14(10)17)15(21)9-5-6-12(18)13(7-9)20(22)23/h2-7H,8,18H2,1H3. The molecule has 0 aliphatic carbocycles. The molecule has 6 nitrogen and oxygen atoms in total. The average Bonchev–Trinajstić information content (AvgIpc) is 2.51. The average molecular weight is 354 g/mol. The number of rotatable bonds is 4. The summed E-state index contributed by atoms with van der Waals surface area (Å²) in [5, 5.41) is 11.7. The number of nitro benzene ring substituents is 1. The summed E-state index contributed by atoms with van der Waals surface area (Å²) in [5.74, 6) is -0.385. The van der Waals surface area contributed by atoms with Gasteiger partial charge in [-0.3, -0.25) is 14.9 Å². The van der Waals surface area contributed by atoms with Crippen LogP contribution in [0.15, 0.2) is 36.4 Å². The third-order valence-corrected chi connectivity index (χ3v) is 4.12. The van der Waals surface area contributed by atoms with Crippen molar-refractivity contribution in [2.45, 2.75) is 6.54 Å². The van der Waals surface area contributed by atoms with Gasteiger partial charge in [-0.05, 0) is 23.8 Å². The topological polar surface area (TPSA) is 89.5 Å².